The standard InChI is InChI=1S/C8H6N2O.C2H6/c11-7-3-1-2-6-4-9-5-10-8(6)7;1-2/h1-5,11H;1-2H3. The normalized spacial score (nSPS) is 9.08. The van der Waals surface area contributed by atoms with E-state index in [2.05, 4.69) is 9.97 Å². The maximum Gasteiger partial charge on any atom is 0.141 e. The number of rotatable bonds is 0. The van der Waals surface area contributed by atoms with E-state index in [9.17, 15) is 5.11 Å². The molecular formula is C10H12N2O. The van der Waals surface area contributed by atoms with Crippen LogP contribution in [0, 0.1) is 0 Å². The smallest absolute Gasteiger partial charge is 0.141 e. The van der Waals surface area contributed by atoms with Crippen molar-refractivity contribution in [1.29, 1.82) is 0 Å². The van der Waals surface area contributed by atoms with Crippen LogP contribution in [0.4, 0.5) is 0 Å². The summed E-state index contributed by atoms with van der Waals surface area (Å²) < 4.78 is 0. The van der Waals surface area contributed by atoms with Gasteiger partial charge in [0.1, 0.15) is 17.6 Å². The molecule has 1 heterocycles. The third-order valence-corrected chi connectivity index (χ3v) is 1.51. The maximum atomic E-state index is 9.28. The molecule has 2 rings (SSSR count). The van der Waals surface area contributed by atoms with Crippen LogP contribution in [0.5, 0.6) is 5.75 Å². The van der Waals surface area contributed by atoms with Gasteiger partial charge in [0.05, 0.1) is 0 Å². The molecule has 68 valence electrons. The molecule has 3 nitrogen and oxygen atoms in total. The zero-order valence-corrected chi connectivity index (χ0v) is 7.73. The fourth-order valence-corrected chi connectivity index (χ4v) is 0.998. The number of hydrogen-bond donors (Lipinski definition) is 1. The van der Waals surface area contributed by atoms with Crippen molar-refractivity contribution in [3.05, 3.63) is 30.7 Å². The SMILES string of the molecule is CC.Oc1cccc2cncnc12. The van der Waals surface area contributed by atoms with Gasteiger partial charge in [-0.15, -0.1) is 0 Å². The van der Waals surface area contributed by atoms with Crippen LogP contribution in [0.1, 0.15) is 13.8 Å². The summed E-state index contributed by atoms with van der Waals surface area (Å²) in [5.74, 6) is 0.199. The van der Waals surface area contributed by atoms with Gasteiger partial charge in [0, 0.05) is 11.6 Å². The zero-order valence-electron chi connectivity index (χ0n) is 7.73. The number of fused-ring (bicyclic) bond motifs is 1. The van der Waals surface area contributed by atoms with Gasteiger partial charge in [0.2, 0.25) is 0 Å². The van der Waals surface area contributed by atoms with Gasteiger partial charge in [-0.2, -0.15) is 0 Å². The second-order valence-corrected chi connectivity index (χ2v) is 2.24. The monoisotopic (exact) mass is 176 g/mol. The van der Waals surface area contributed by atoms with Crippen LogP contribution in [0.3, 0.4) is 0 Å². The highest BCUT2D eigenvalue weighted by atomic mass is 16.3. The first-order valence-electron chi connectivity index (χ1n) is 4.25. The lowest BCUT2D eigenvalue weighted by Gasteiger charge is -1.96. The summed E-state index contributed by atoms with van der Waals surface area (Å²) in [6.07, 6.45) is 3.09. The van der Waals surface area contributed by atoms with Crippen LogP contribution in [0.25, 0.3) is 10.9 Å². The second kappa shape index (κ2) is 4.40. The highest BCUT2D eigenvalue weighted by molar-refractivity contribution is 5.82. The number of para-hydroxylation sites is 1. The molecule has 13 heavy (non-hydrogen) atoms. The molecule has 0 bridgehead atoms. The Kier molecular flexibility index (Phi) is 3.20. The Balaban J connectivity index is 0.000000396. The van der Waals surface area contributed by atoms with E-state index in [-0.39, 0.29) is 5.75 Å². The van der Waals surface area contributed by atoms with Crippen LogP contribution in [-0.2, 0) is 0 Å². The van der Waals surface area contributed by atoms with Gasteiger partial charge in [-0.05, 0) is 6.07 Å². The van der Waals surface area contributed by atoms with E-state index in [1.165, 1.54) is 6.33 Å². The fraction of sp³-hybridized carbons (Fsp3) is 0.200. The third-order valence-electron chi connectivity index (χ3n) is 1.51. The number of phenols is 1. The molecule has 1 aromatic heterocycles. The highest BCUT2D eigenvalue weighted by Gasteiger charge is 1.97. The molecule has 1 N–H and O–H groups in total. The molecule has 0 saturated heterocycles. The Morgan fingerprint density at radius 1 is 1.23 bits per heavy atom. The van der Waals surface area contributed by atoms with Gasteiger partial charge in [-0.25, -0.2) is 9.97 Å². The molecule has 1 aromatic carbocycles. The molecule has 3 heteroatoms. The molecule has 0 amide bonds. The summed E-state index contributed by atoms with van der Waals surface area (Å²) in [7, 11) is 0. The summed E-state index contributed by atoms with van der Waals surface area (Å²) in [4.78, 5) is 7.75. The van der Waals surface area contributed by atoms with Crippen LogP contribution in [0.2, 0.25) is 0 Å². The predicted octanol–water partition coefficient (Wildman–Crippen LogP) is 2.36. The topological polar surface area (TPSA) is 46.0 Å². The third kappa shape index (κ3) is 1.93. The maximum absolute atomic E-state index is 9.28. The molecule has 0 spiro atoms. The quantitative estimate of drug-likeness (QED) is 0.670. The Bertz CT molecular complexity index is 382. The molecular weight excluding hydrogens is 164 g/mol. The minimum Gasteiger partial charge on any atom is -0.506 e. The number of aromatic hydroxyl groups is 1. The Labute approximate surface area is 77.1 Å². The Morgan fingerprint density at radius 3 is 2.69 bits per heavy atom. The van der Waals surface area contributed by atoms with Crippen molar-refractivity contribution in [1.82, 2.24) is 9.97 Å². The van der Waals surface area contributed by atoms with Crippen molar-refractivity contribution in [2.45, 2.75) is 13.8 Å². The first-order valence-corrected chi connectivity index (χ1v) is 4.25. The number of nitrogens with zero attached hydrogens (tertiary/aromatic N) is 2. The van der Waals surface area contributed by atoms with Crippen molar-refractivity contribution in [2.75, 3.05) is 0 Å². The molecule has 0 atom stereocenters. The summed E-state index contributed by atoms with van der Waals surface area (Å²) >= 11 is 0. The van der Waals surface area contributed by atoms with Crippen molar-refractivity contribution < 1.29 is 5.11 Å². The lowest BCUT2D eigenvalue weighted by molar-refractivity contribution is 0.480. The number of hydrogen-bond acceptors (Lipinski definition) is 3. The first kappa shape index (κ1) is 9.45. The predicted molar refractivity (Wildman–Crippen MR) is 52.6 cm³/mol. The minimum atomic E-state index is 0.199. The zero-order chi connectivity index (χ0) is 9.68. The molecule has 0 fully saturated rings. The van der Waals surface area contributed by atoms with E-state index >= 15 is 0 Å². The average molecular weight is 176 g/mol. The molecule has 2 aromatic rings. The van der Waals surface area contributed by atoms with Gasteiger partial charge in [-0.3, -0.25) is 0 Å². The van der Waals surface area contributed by atoms with E-state index < -0.39 is 0 Å². The van der Waals surface area contributed by atoms with Crippen LogP contribution in [-0.4, -0.2) is 15.1 Å². The summed E-state index contributed by atoms with van der Waals surface area (Å²) in [6.45, 7) is 4.00. The number of benzene rings is 1. The lowest BCUT2D eigenvalue weighted by atomic mass is 10.2. The summed E-state index contributed by atoms with van der Waals surface area (Å²) in [6, 6.07) is 5.23. The minimum absolute atomic E-state index is 0.199. The first-order chi connectivity index (χ1) is 6.38. The van der Waals surface area contributed by atoms with Crippen molar-refractivity contribution in [2.24, 2.45) is 0 Å². The van der Waals surface area contributed by atoms with Crippen LogP contribution < -0.4 is 0 Å². The summed E-state index contributed by atoms with van der Waals surface area (Å²) in [5, 5.41) is 10.1. The van der Waals surface area contributed by atoms with E-state index in [1.54, 1.807) is 18.3 Å². The van der Waals surface area contributed by atoms with Gasteiger partial charge >= 0.3 is 0 Å². The average Bonchev–Trinajstić information content (AvgIpc) is 2.22. The molecule has 0 radical (unpaired) electrons. The van der Waals surface area contributed by atoms with E-state index in [0.717, 1.165) is 5.39 Å². The Morgan fingerprint density at radius 2 is 2.00 bits per heavy atom. The molecule has 0 aliphatic rings. The van der Waals surface area contributed by atoms with Gasteiger partial charge in [-0.1, -0.05) is 26.0 Å². The molecule has 0 saturated carbocycles. The van der Waals surface area contributed by atoms with Crippen molar-refractivity contribution in [3.8, 4) is 5.75 Å². The lowest BCUT2D eigenvalue weighted by Crippen LogP contribution is -1.79. The van der Waals surface area contributed by atoms with Gasteiger partial charge in [0.15, 0.2) is 0 Å². The number of aromatic nitrogens is 2. The molecule has 0 unspecified atom stereocenters. The van der Waals surface area contributed by atoms with Crippen molar-refractivity contribution >= 4 is 10.9 Å². The van der Waals surface area contributed by atoms with E-state index in [1.807, 2.05) is 19.9 Å². The highest BCUT2D eigenvalue weighted by Crippen LogP contribution is 2.19. The van der Waals surface area contributed by atoms with Gasteiger partial charge in [0.25, 0.3) is 0 Å². The van der Waals surface area contributed by atoms with E-state index in [0.29, 0.717) is 5.52 Å². The van der Waals surface area contributed by atoms with Crippen LogP contribution in [0.15, 0.2) is 30.7 Å². The Hall–Kier alpha value is -1.64. The van der Waals surface area contributed by atoms with Crippen molar-refractivity contribution in [3.63, 3.8) is 0 Å². The van der Waals surface area contributed by atoms with E-state index in [4.69, 9.17) is 0 Å². The second-order valence-electron chi connectivity index (χ2n) is 2.24. The fourth-order valence-electron chi connectivity index (χ4n) is 0.998. The van der Waals surface area contributed by atoms with Crippen LogP contribution >= 0.6 is 0 Å². The summed E-state index contributed by atoms with van der Waals surface area (Å²) in [5.41, 5.74) is 0.600. The molecule has 0 aliphatic carbocycles. The number of phenolic OH excluding ortho intramolecular Hbond substituents is 1. The van der Waals surface area contributed by atoms with Gasteiger partial charge < -0.3 is 5.11 Å². The molecule has 0 aliphatic heterocycles. The largest absolute Gasteiger partial charge is 0.506 e.